The molecule has 0 radical (unpaired) electrons. The third-order valence-electron chi connectivity index (χ3n) is 7.57. The summed E-state index contributed by atoms with van der Waals surface area (Å²) in [6.45, 7) is 6.67. The molecule has 2 N–H and O–H groups in total. The highest BCUT2D eigenvalue weighted by atomic mass is 19.1. The molecular weight excluding hydrogens is 466 g/mol. The van der Waals surface area contributed by atoms with Crippen LogP contribution < -0.4 is 15.4 Å². The normalized spacial score (nSPS) is 24.1. The van der Waals surface area contributed by atoms with Crippen LogP contribution in [0.15, 0.2) is 18.3 Å². The maximum atomic E-state index is 14.9. The molecule has 3 fully saturated rings. The van der Waals surface area contributed by atoms with E-state index >= 15 is 0 Å². The summed E-state index contributed by atoms with van der Waals surface area (Å²) in [5, 5.41) is 15.6. The van der Waals surface area contributed by atoms with Crippen LogP contribution in [0.1, 0.15) is 57.9 Å². The minimum atomic E-state index is -0.616. The fourth-order valence-electron chi connectivity index (χ4n) is 5.57. The zero-order valence-electron chi connectivity index (χ0n) is 20.7. The van der Waals surface area contributed by atoms with E-state index in [1.807, 2.05) is 0 Å². The topological polar surface area (TPSA) is 95.3 Å². The molecule has 0 saturated carbocycles. The highest BCUT2D eigenvalue weighted by Gasteiger charge is 2.42. The molecule has 0 spiro atoms. The van der Waals surface area contributed by atoms with Crippen molar-refractivity contribution in [3.63, 3.8) is 0 Å². The zero-order chi connectivity index (χ0) is 25.3. The standard InChI is InChI=1S/C26H32F2N6O2/c1-26(2)7-3-18-12-17(4-8-34(18)26)31-24-21(28)15-30-25(33-24)32-22-11-16(14-29)23(13-20(22)27)36-19-5-9-35-10-6-19/h11,13,15,17-19H,3-10,12H2,1-2H3,(H2,30,31,32,33). The first-order valence-electron chi connectivity index (χ1n) is 12.6. The van der Waals surface area contributed by atoms with Crippen molar-refractivity contribution in [1.29, 1.82) is 5.26 Å². The highest BCUT2D eigenvalue weighted by molar-refractivity contribution is 5.62. The fourth-order valence-corrected chi connectivity index (χ4v) is 5.57. The van der Waals surface area contributed by atoms with Gasteiger partial charge in [0.1, 0.15) is 23.7 Å². The predicted octanol–water partition coefficient (Wildman–Crippen LogP) is 4.75. The van der Waals surface area contributed by atoms with Gasteiger partial charge in [0, 0.05) is 43.1 Å². The van der Waals surface area contributed by atoms with Crippen LogP contribution in [0.5, 0.6) is 5.75 Å². The quantitative estimate of drug-likeness (QED) is 0.590. The van der Waals surface area contributed by atoms with Gasteiger partial charge in [-0.25, -0.2) is 13.8 Å². The number of nitrogens with one attached hydrogen (secondary N) is 2. The van der Waals surface area contributed by atoms with Crippen LogP contribution in [0.3, 0.4) is 0 Å². The predicted molar refractivity (Wildman–Crippen MR) is 131 cm³/mol. The van der Waals surface area contributed by atoms with E-state index in [2.05, 4.69) is 45.4 Å². The molecule has 2 unspecified atom stereocenters. The van der Waals surface area contributed by atoms with Crippen LogP contribution in [0.25, 0.3) is 0 Å². The molecule has 0 amide bonds. The molecule has 10 heteroatoms. The van der Waals surface area contributed by atoms with Crippen molar-refractivity contribution in [2.75, 3.05) is 30.4 Å². The number of piperidine rings is 1. The van der Waals surface area contributed by atoms with Crippen molar-refractivity contribution in [3.05, 3.63) is 35.5 Å². The van der Waals surface area contributed by atoms with Crippen molar-refractivity contribution in [1.82, 2.24) is 14.9 Å². The minimum Gasteiger partial charge on any atom is -0.489 e. The molecule has 1 aromatic heterocycles. The Labute approximate surface area is 210 Å². The molecule has 36 heavy (non-hydrogen) atoms. The number of nitrogens with zero attached hydrogens (tertiary/aromatic N) is 4. The second-order valence-corrected chi connectivity index (χ2v) is 10.4. The Kier molecular flexibility index (Phi) is 6.95. The molecule has 5 rings (SSSR count). The molecule has 8 nitrogen and oxygen atoms in total. The molecule has 2 aromatic rings. The number of fused-ring (bicyclic) bond motifs is 1. The van der Waals surface area contributed by atoms with Gasteiger partial charge in [-0.3, -0.25) is 4.90 Å². The number of halogens is 2. The van der Waals surface area contributed by atoms with Crippen LogP contribution in [-0.2, 0) is 4.74 Å². The van der Waals surface area contributed by atoms with Gasteiger partial charge in [0.05, 0.1) is 30.7 Å². The Hall–Kier alpha value is -3.03. The highest BCUT2D eigenvalue weighted by Crippen LogP contribution is 2.39. The fraction of sp³-hybridized carbons (Fsp3) is 0.577. The van der Waals surface area contributed by atoms with Gasteiger partial charge in [-0.1, -0.05) is 0 Å². The Morgan fingerprint density at radius 3 is 2.75 bits per heavy atom. The summed E-state index contributed by atoms with van der Waals surface area (Å²) in [4.78, 5) is 10.8. The Morgan fingerprint density at radius 2 is 1.97 bits per heavy atom. The average Bonchev–Trinajstić information content (AvgIpc) is 3.17. The smallest absolute Gasteiger partial charge is 0.229 e. The number of benzene rings is 1. The van der Waals surface area contributed by atoms with Crippen LogP contribution in [0.2, 0.25) is 0 Å². The van der Waals surface area contributed by atoms with Gasteiger partial charge in [-0.05, 0) is 45.6 Å². The van der Waals surface area contributed by atoms with Crippen LogP contribution in [0, 0.1) is 23.0 Å². The molecule has 2 atom stereocenters. The number of aromatic nitrogens is 2. The molecule has 3 aliphatic heterocycles. The molecule has 0 bridgehead atoms. The zero-order valence-corrected chi connectivity index (χ0v) is 20.7. The van der Waals surface area contributed by atoms with E-state index in [4.69, 9.17) is 9.47 Å². The van der Waals surface area contributed by atoms with Gasteiger partial charge in [0.15, 0.2) is 11.6 Å². The lowest BCUT2D eigenvalue weighted by Crippen LogP contribution is -2.50. The molecule has 3 saturated heterocycles. The van der Waals surface area contributed by atoms with Gasteiger partial charge in [0.25, 0.3) is 0 Å². The minimum absolute atomic E-state index is 0.0185. The summed E-state index contributed by atoms with van der Waals surface area (Å²) in [5.41, 5.74) is 0.423. The van der Waals surface area contributed by atoms with E-state index in [1.165, 1.54) is 12.1 Å². The van der Waals surface area contributed by atoms with Gasteiger partial charge < -0.3 is 20.1 Å². The third-order valence-corrected chi connectivity index (χ3v) is 7.57. The number of ether oxygens (including phenoxy) is 2. The van der Waals surface area contributed by atoms with Crippen LogP contribution in [0.4, 0.5) is 26.2 Å². The largest absolute Gasteiger partial charge is 0.489 e. The second kappa shape index (κ2) is 10.1. The first-order valence-corrected chi connectivity index (χ1v) is 12.6. The van der Waals surface area contributed by atoms with Crippen molar-refractivity contribution < 1.29 is 18.3 Å². The average molecular weight is 499 g/mol. The molecule has 3 aliphatic rings. The number of anilines is 3. The monoisotopic (exact) mass is 498 g/mol. The molecule has 4 heterocycles. The van der Waals surface area contributed by atoms with E-state index in [1.54, 1.807) is 0 Å². The van der Waals surface area contributed by atoms with E-state index in [0.29, 0.717) is 32.1 Å². The van der Waals surface area contributed by atoms with Gasteiger partial charge in [0.2, 0.25) is 5.95 Å². The van der Waals surface area contributed by atoms with Crippen molar-refractivity contribution in [2.24, 2.45) is 0 Å². The van der Waals surface area contributed by atoms with E-state index in [9.17, 15) is 14.0 Å². The van der Waals surface area contributed by atoms with E-state index < -0.39 is 11.6 Å². The van der Waals surface area contributed by atoms with Crippen LogP contribution in [-0.4, -0.2) is 58.4 Å². The number of hydrogen-bond donors (Lipinski definition) is 2. The number of rotatable bonds is 6. The Balaban J connectivity index is 1.28. The first kappa shape index (κ1) is 24.7. The molecule has 192 valence electrons. The number of nitriles is 1. The summed E-state index contributed by atoms with van der Waals surface area (Å²) in [6.07, 6.45) is 6.42. The summed E-state index contributed by atoms with van der Waals surface area (Å²) in [7, 11) is 0. The lowest BCUT2D eigenvalue weighted by molar-refractivity contribution is 0.0253. The summed E-state index contributed by atoms with van der Waals surface area (Å²) < 4.78 is 40.7. The summed E-state index contributed by atoms with van der Waals surface area (Å²) >= 11 is 0. The van der Waals surface area contributed by atoms with Crippen molar-refractivity contribution in [3.8, 4) is 11.8 Å². The maximum absolute atomic E-state index is 14.9. The third kappa shape index (κ3) is 5.22. The summed E-state index contributed by atoms with van der Waals surface area (Å²) in [5.74, 6) is -0.859. The van der Waals surface area contributed by atoms with Gasteiger partial charge in [-0.15, -0.1) is 0 Å². The number of hydrogen-bond acceptors (Lipinski definition) is 8. The lowest BCUT2D eigenvalue weighted by atomic mass is 9.97. The Morgan fingerprint density at radius 1 is 1.17 bits per heavy atom. The first-order chi connectivity index (χ1) is 17.3. The van der Waals surface area contributed by atoms with Gasteiger partial charge in [-0.2, -0.15) is 10.2 Å². The second-order valence-electron chi connectivity index (χ2n) is 10.4. The van der Waals surface area contributed by atoms with E-state index in [-0.39, 0.29) is 46.5 Å². The molecule has 1 aromatic carbocycles. The Bertz CT molecular complexity index is 1150. The molecule has 0 aliphatic carbocycles. The lowest BCUT2D eigenvalue weighted by Gasteiger charge is -2.42. The van der Waals surface area contributed by atoms with Gasteiger partial charge >= 0.3 is 0 Å². The van der Waals surface area contributed by atoms with Crippen LogP contribution >= 0.6 is 0 Å². The maximum Gasteiger partial charge on any atom is 0.229 e. The summed E-state index contributed by atoms with van der Waals surface area (Å²) in [6, 6.07) is 5.19. The van der Waals surface area contributed by atoms with E-state index in [0.717, 1.165) is 38.4 Å². The van der Waals surface area contributed by atoms with Crippen molar-refractivity contribution >= 4 is 17.5 Å². The molecular formula is C26H32F2N6O2. The SMILES string of the molecule is CC1(C)CCC2CC(Nc3nc(Nc4cc(C#N)c(OC5CCOCC5)cc4F)ncc3F)CCN21. The van der Waals surface area contributed by atoms with Crippen molar-refractivity contribution in [2.45, 2.75) is 76.1 Å².